The molecule has 0 saturated carbocycles. The van der Waals surface area contributed by atoms with Crippen LogP contribution >= 0.6 is 16.5 Å². The number of amides is 1. The van der Waals surface area contributed by atoms with Gasteiger partial charge in [0.2, 0.25) is 5.91 Å². The molecule has 2 atom stereocenters. The summed E-state index contributed by atoms with van der Waals surface area (Å²) in [7, 11) is -6.19. The van der Waals surface area contributed by atoms with Gasteiger partial charge in [-0.3, -0.25) is 13.9 Å². The lowest BCUT2D eigenvalue weighted by Crippen LogP contribution is -2.12. The molecule has 9 heteroatoms. The van der Waals surface area contributed by atoms with Crippen molar-refractivity contribution in [3.05, 3.63) is 24.9 Å². The normalized spacial score (nSPS) is 14.7. The van der Waals surface area contributed by atoms with Gasteiger partial charge in [-0.1, -0.05) is 6.58 Å². The second-order valence-electron chi connectivity index (χ2n) is 2.04. The van der Waals surface area contributed by atoms with Crippen LogP contribution in [-0.4, -0.2) is 17.4 Å². The summed E-state index contributed by atoms with van der Waals surface area (Å²) in [6.07, 6.45) is 3.69. The Bertz CT molecular complexity index is 302. The van der Waals surface area contributed by atoms with Crippen molar-refractivity contribution in [1.29, 1.82) is 0 Å². The smallest absolute Gasteiger partial charge is 0.326 e. The third-order valence-electron chi connectivity index (χ3n) is 0.997. The van der Waals surface area contributed by atoms with Crippen molar-refractivity contribution in [3.8, 4) is 0 Å². The van der Waals surface area contributed by atoms with Crippen LogP contribution in [0.4, 0.5) is 0 Å². The molecule has 0 aliphatic rings. The van der Waals surface area contributed by atoms with Crippen molar-refractivity contribution in [3.63, 3.8) is 0 Å². The molecule has 0 radical (unpaired) electrons. The van der Waals surface area contributed by atoms with E-state index in [9.17, 15) is 13.9 Å². The first-order valence-electron chi connectivity index (χ1n) is 3.71. The third kappa shape index (κ3) is 9.59. The maximum absolute atomic E-state index is 10.7. The Balaban J connectivity index is 3.61. The van der Waals surface area contributed by atoms with Crippen LogP contribution in [0.2, 0.25) is 0 Å². The molecule has 0 aromatic heterocycles. The van der Waals surface area contributed by atoms with Crippen molar-refractivity contribution < 1.29 is 27.7 Å². The SMILES string of the molecule is C=CC(=O)NC=CCO[PH](=O)O[PH](=O)O. The van der Waals surface area contributed by atoms with Gasteiger partial charge in [-0.25, -0.2) is 4.31 Å². The first-order chi connectivity index (χ1) is 7.06. The molecule has 15 heavy (non-hydrogen) atoms. The number of carbonyl (C=O) groups is 1. The standard InChI is InChI=1S/C6H11NO6P2/c1-2-6(8)7-4-3-5-12-15(11)13-14(9)10/h2-4,14-15H,1,5H2,(H,7,8)(H,9,10). The van der Waals surface area contributed by atoms with E-state index in [1.165, 1.54) is 12.3 Å². The molecule has 0 aromatic carbocycles. The number of hydrogen-bond acceptors (Lipinski definition) is 5. The largest absolute Gasteiger partial charge is 0.329 e. The Kier molecular flexibility index (Phi) is 8.18. The van der Waals surface area contributed by atoms with E-state index in [2.05, 4.69) is 20.7 Å². The van der Waals surface area contributed by atoms with Gasteiger partial charge in [0.25, 0.3) is 0 Å². The number of carbonyl (C=O) groups excluding carboxylic acids is 1. The van der Waals surface area contributed by atoms with Gasteiger partial charge in [-0.05, 0) is 12.2 Å². The first-order valence-corrected chi connectivity index (χ1v) is 6.20. The lowest BCUT2D eigenvalue weighted by atomic mass is 10.5. The van der Waals surface area contributed by atoms with E-state index in [-0.39, 0.29) is 6.61 Å². The molecule has 2 unspecified atom stereocenters. The van der Waals surface area contributed by atoms with Crippen molar-refractivity contribution in [1.82, 2.24) is 5.32 Å². The molecule has 0 fully saturated rings. The summed E-state index contributed by atoms with van der Waals surface area (Å²) < 4.78 is 29.2. The minimum atomic E-state index is -3.24. The number of nitrogens with one attached hydrogen (secondary N) is 1. The quantitative estimate of drug-likeness (QED) is 0.510. The van der Waals surface area contributed by atoms with E-state index in [1.807, 2.05) is 0 Å². The van der Waals surface area contributed by atoms with Crippen molar-refractivity contribution in [2.75, 3.05) is 6.61 Å². The van der Waals surface area contributed by atoms with Crippen LogP contribution in [0.1, 0.15) is 0 Å². The minimum Gasteiger partial charge on any atom is -0.329 e. The topological polar surface area (TPSA) is 102 Å². The number of rotatable bonds is 7. The van der Waals surface area contributed by atoms with Crippen LogP contribution < -0.4 is 5.32 Å². The fourth-order valence-electron chi connectivity index (χ4n) is 0.465. The molecule has 0 aromatic rings. The summed E-state index contributed by atoms with van der Waals surface area (Å²) in [5.41, 5.74) is 0. The average Bonchev–Trinajstić information content (AvgIpc) is 2.15. The molecule has 0 spiro atoms. The fraction of sp³-hybridized carbons (Fsp3) is 0.167. The van der Waals surface area contributed by atoms with Crippen molar-refractivity contribution in [2.24, 2.45) is 0 Å². The second kappa shape index (κ2) is 8.59. The Morgan fingerprint density at radius 1 is 1.53 bits per heavy atom. The van der Waals surface area contributed by atoms with Crippen molar-refractivity contribution >= 4 is 22.4 Å². The van der Waals surface area contributed by atoms with E-state index >= 15 is 0 Å². The first kappa shape index (κ1) is 14.3. The minimum absolute atomic E-state index is 0.107. The summed E-state index contributed by atoms with van der Waals surface area (Å²) in [6.45, 7) is 3.11. The van der Waals surface area contributed by atoms with Gasteiger partial charge in [-0.2, -0.15) is 0 Å². The van der Waals surface area contributed by atoms with Crippen LogP contribution in [0.25, 0.3) is 0 Å². The third-order valence-corrected chi connectivity index (χ3v) is 2.76. The lowest BCUT2D eigenvalue weighted by molar-refractivity contribution is -0.115. The summed E-state index contributed by atoms with van der Waals surface area (Å²) in [4.78, 5) is 18.8. The van der Waals surface area contributed by atoms with Crippen LogP contribution in [0.5, 0.6) is 0 Å². The molecule has 0 aliphatic heterocycles. The second-order valence-corrected chi connectivity index (χ2v) is 4.18. The summed E-state index contributed by atoms with van der Waals surface area (Å²) >= 11 is 0. The molecular weight excluding hydrogens is 244 g/mol. The van der Waals surface area contributed by atoms with Gasteiger partial charge in [0.05, 0.1) is 6.61 Å². The zero-order valence-corrected chi connectivity index (χ0v) is 9.63. The molecule has 86 valence electrons. The van der Waals surface area contributed by atoms with Gasteiger partial charge in [-0.15, -0.1) is 0 Å². The molecule has 2 N–H and O–H groups in total. The predicted octanol–water partition coefficient (Wildman–Crippen LogP) is 0.607. The van der Waals surface area contributed by atoms with Gasteiger partial charge in [0.1, 0.15) is 0 Å². The fourth-order valence-corrected chi connectivity index (χ4v) is 1.50. The summed E-state index contributed by atoms with van der Waals surface area (Å²) in [5, 5.41) is 2.29. The highest BCUT2D eigenvalue weighted by atomic mass is 31.2. The number of hydrogen-bond donors (Lipinski definition) is 2. The van der Waals surface area contributed by atoms with Gasteiger partial charge < -0.3 is 14.7 Å². The molecule has 1 amide bonds. The molecular formula is C6H11NO6P2. The summed E-state index contributed by atoms with van der Waals surface area (Å²) in [6, 6.07) is 0. The van der Waals surface area contributed by atoms with Crippen LogP contribution in [-0.2, 0) is 22.8 Å². The molecule has 0 bridgehead atoms. The average molecular weight is 255 g/mol. The molecule has 0 rings (SSSR count). The maximum Gasteiger partial charge on any atom is 0.326 e. The van der Waals surface area contributed by atoms with Crippen LogP contribution in [0, 0.1) is 0 Å². The molecule has 7 nitrogen and oxygen atoms in total. The Labute approximate surface area is 87.7 Å². The monoisotopic (exact) mass is 255 g/mol. The van der Waals surface area contributed by atoms with E-state index < -0.39 is 22.4 Å². The van der Waals surface area contributed by atoms with Gasteiger partial charge in [0.15, 0.2) is 0 Å². The van der Waals surface area contributed by atoms with Crippen molar-refractivity contribution in [2.45, 2.75) is 0 Å². The predicted molar refractivity (Wildman–Crippen MR) is 54.7 cm³/mol. The maximum atomic E-state index is 10.7. The van der Waals surface area contributed by atoms with E-state index in [0.29, 0.717) is 0 Å². The molecule has 0 saturated heterocycles. The lowest BCUT2D eigenvalue weighted by Gasteiger charge is -1.99. The molecule has 0 aliphatic carbocycles. The Morgan fingerprint density at radius 3 is 2.73 bits per heavy atom. The Hall–Kier alpha value is -0.710. The van der Waals surface area contributed by atoms with Gasteiger partial charge >= 0.3 is 16.5 Å². The highest BCUT2D eigenvalue weighted by Crippen LogP contribution is 2.35. The zero-order valence-electron chi connectivity index (χ0n) is 7.63. The van der Waals surface area contributed by atoms with Crippen LogP contribution in [0.15, 0.2) is 24.9 Å². The highest BCUT2D eigenvalue weighted by molar-refractivity contribution is 7.47. The van der Waals surface area contributed by atoms with E-state index in [0.717, 1.165) is 6.08 Å². The highest BCUT2D eigenvalue weighted by Gasteiger charge is 2.00. The van der Waals surface area contributed by atoms with Gasteiger partial charge in [0, 0.05) is 6.20 Å². The zero-order chi connectivity index (χ0) is 11.7. The molecule has 0 heterocycles. The summed E-state index contributed by atoms with van der Waals surface area (Å²) in [5.74, 6) is -0.393. The van der Waals surface area contributed by atoms with Crippen LogP contribution in [0.3, 0.4) is 0 Å². The Morgan fingerprint density at radius 2 is 2.20 bits per heavy atom. The van der Waals surface area contributed by atoms with E-state index in [1.54, 1.807) is 0 Å². The van der Waals surface area contributed by atoms with E-state index in [4.69, 9.17) is 4.89 Å².